The molecular weight excluding hydrogens is 994 g/mol. The van der Waals surface area contributed by atoms with E-state index in [0.717, 1.165) is 11.1 Å². The minimum absolute atomic E-state index is 0.00161. The van der Waals surface area contributed by atoms with E-state index in [4.69, 9.17) is 40.1 Å². The molecule has 7 rings (SSSR count). The highest BCUT2D eigenvalue weighted by atomic mass is 35.5. The molecule has 1 aliphatic carbocycles. The molecule has 1 aromatic rings. The summed E-state index contributed by atoms with van der Waals surface area (Å²) >= 11 is 7.96. The zero-order valence-electron chi connectivity index (χ0n) is 42.1. The zero-order chi connectivity index (χ0) is 53.1. The molecule has 0 unspecified atom stereocenters. The second-order valence-electron chi connectivity index (χ2n) is 19.9. The molecule has 1 saturated carbocycles. The number of halogens is 1. The third-order valence-corrected chi connectivity index (χ3v) is 16.3. The topological polar surface area (TPSA) is 258 Å². The molecule has 398 valence electrons. The molecule has 7 amide bonds. The fraction of sp³-hybridized carbons (Fsp3) is 0.620. The van der Waals surface area contributed by atoms with Crippen molar-refractivity contribution in [2.75, 3.05) is 52.1 Å². The van der Waals surface area contributed by atoms with Crippen LogP contribution >= 0.6 is 23.4 Å². The van der Waals surface area contributed by atoms with E-state index in [1.165, 1.54) is 54.8 Å². The van der Waals surface area contributed by atoms with E-state index < -0.39 is 107 Å². The Morgan fingerprint density at radius 2 is 1.70 bits per heavy atom. The number of methoxy groups -OCH3 is 2. The molecule has 8 atom stereocenters. The van der Waals surface area contributed by atoms with Crippen molar-refractivity contribution in [3.05, 3.63) is 46.5 Å². The van der Waals surface area contributed by atoms with Gasteiger partial charge in [-0.3, -0.25) is 43.8 Å². The summed E-state index contributed by atoms with van der Waals surface area (Å²) in [6, 6.07) is 3.52. The number of imide groups is 2. The van der Waals surface area contributed by atoms with Crippen LogP contribution in [0, 0.1) is 17.8 Å². The van der Waals surface area contributed by atoms with Crippen LogP contribution in [0.5, 0.6) is 5.75 Å². The van der Waals surface area contributed by atoms with Gasteiger partial charge < -0.3 is 43.4 Å². The molecule has 0 radical (unpaired) electrons. The summed E-state index contributed by atoms with van der Waals surface area (Å²) < 4.78 is 29.2. The molecule has 23 heteroatoms. The maximum Gasteiger partial charge on any atom is 0.409 e. The number of alkyl carbamates (subject to hydrolysis) is 1. The second kappa shape index (κ2) is 22.9. The van der Waals surface area contributed by atoms with Crippen molar-refractivity contribution in [3.8, 4) is 5.75 Å². The normalized spacial score (nSPS) is 32.0. The third-order valence-electron chi connectivity index (χ3n) is 14.7. The van der Waals surface area contributed by atoms with Crippen LogP contribution in [0.1, 0.15) is 90.5 Å². The highest BCUT2D eigenvalue weighted by Gasteiger charge is 2.64. The van der Waals surface area contributed by atoms with Crippen LogP contribution in [0.2, 0.25) is 5.02 Å². The summed E-state index contributed by atoms with van der Waals surface area (Å²) in [7, 11) is 5.82. The summed E-state index contributed by atoms with van der Waals surface area (Å²) in [6.45, 7) is 5.00. The number of hydrogen-bond acceptors (Lipinski definition) is 17. The zero-order valence-corrected chi connectivity index (χ0v) is 43.6. The molecule has 5 fully saturated rings. The van der Waals surface area contributed by atoms with Crippen LogP contribution in [0.25, 0.3) is 0 Å². The van der Waals surface area contributed by atoms with Crippen LogP contribution in [-0.2, 0) is 68.6 Å². The third kappa shape index (κ3) is 12.5. The van der Waals surface area contributed by atoms with Crippen LogP contribution in [-0.4, -0.2) is 162 Å². The number of rotatable bonds is 13. The van der Waals surface area contributed by atoms with Gasteiger partial charge in [0.2, 0.25) is 23.6 Å². The van der Waals surface area contributed by atoms with Crippen molar-refractivity contribution in [1.29, 1.82) is 0 Å². The number of thioether (sulfide) groups is 1. The fourth-order valence-corrected chi connectivity index (χ4v) is 11.6. The number of likely N-dealkylation sites (N-methyl/N-ethyl adjacent to an activating group) is 1. The molecule has 73 heavy (non-hydrogen) atoms. The number of nitrogens with zero attached hydrogens (tertiary/aromatic N) is 4. The Labute approximate surface area is 432 Å². The highest BCUT2D eigenvalue weighted by molar-refractivity contribution is 8.00. The fourth-order valence-electron chi connectivity index (χ4n) is 10.2. The van der Waals surface area contributed by atoms with Gasteiger partial charge in [-0.2, -0.15) is 0 Å². The number of nitrogens with one attached hydrogen (secondary N) is 1. The van der Waals surface area contributed by atoms with Gasteiger partial charge in [0.25, 0.3) is 11.8 Å². The van der Waals surface area contributed by atoms with Crippen LogP contribution in [0.3, 0.4) is 0 Å². The van der Waals surface area contributed by atoms with Crippen LogP contribution in [0.15, 0.2) is 35.9 Å². The Bertz CT molecular complexity index is 2430. The Morgan fingerprint density at radius 3 is 2.37 bits per heavy atom. The Hall–Kier alpha value is -5.55. The number of hydroxylamine groups is 2. The molecule has 6 aliphatic rings. The number of aliphatic hydroxyl groups is 1. The number of esters is 1. The van der Waals surface area contributed by atoms with Gasteiger partial charge >= 0.3 is 18.0 Å². The van der Waals surface area contributed by atoms with Gasteiger partial charge in [0.05, 0.1) is 36.5 Å². The number of hydrogen-bond donors (Lipinski definition) is 2. The number of fused-ring (bicyclic) bond motifs is 5. The largest absolute Gasteiger partial charge is 0.495 e. The van der Waals surface area contributed by atoms with E-state index in [9.17, 15) is 48.3 Å². The molecule has 21 nitrogen and oxygen atoms in total. The summed E-state index contributed by atoms with van der Waals surface area (Å²) in [5, 5.41) is 14.3. The molecule has 0 spiro atoms. The number of benzene rings is 1. The molecule has 5 aliphatic heterocycles. The first-order valence-corrected chi connectivity index (χ1v) is 25.8. The number of ether oxygens (including phenoxy) is 5. The number of carbonyl (C=O) groups is 9. The lowest BCUT2D eigenvalue weighted by molar-refractivity contribution is -0.201. The van der Waals surface area contributed by atoms with Crippen molar-refractivity contribution in [2.45, 2.75) is 132 Å². The Morgan fingerprint density at radius 1 is 1.00 bits per heavy atom. The highest BCUT2D eigenvalue weighted by Crippen LogP contribution is 2.49. The van der Waals surface area contributed by atoms with E-state index in [2.05, 4.69) is 5.32 Å². The van der Waals surface area contributed by atoms with Gasteiger partial charge in [-0.1, -0.05) is 42.3 Å². The Balaban J connectivity index is 0.968. The number of anilines is 1. The predicted molar refractivity (Wildman–Crippen MR) is 261 cm³/mol. The minimum atomic E-state index is -1.88. The standard InChI is InChI=1S/C50H64ClN5O16S/c1-27-9-8-10-36(68-7)50(66)24-34(69-48(65)52-50)28(2)45-49(3,71-45)37(23-41(60)54(5)32-20-30(19-27)21-33(67-6)44(32)51)70-43(62)26-53(4)38(57)17-18-73-35-22-42(61)55(46(35)63)25-29-11-13-31(14-12-29)47(64)72-56-39(58)15-16-40(56)59/h8-10,20-21,28-29,31,34-37,45,66H,11-19,22-26H2,1-7H3,(H,52,65)/b10-8+,27-9+/t28-,29-,31-,34+,35-,36-,37+,45+,49+,50+/m1/s1. The van der Waals surface area contributed by atoms with Crippen molar-refractivity contribution >= 4 is 82.5 Å². The van der Waals surface area contributed by atoms with Gasteiger partial charge in [-0.05, 0) is 69.6 Å². The molecule has 4 bridgehead atoms. The molecule has 4 saturated heterocycles. The first kappa shape index (κ1) is 55.2. The summed E-state index contributed by atoms with van der Waals surface area (Å²) in [4.78, 5) is 126. The van der Waals surface area contributed by atoms with Gasteiger partial charge in [0, 0.05) is 71.5 Å². The number of carbonyl (C=O) groups excluding carboxylic acids is 9. The molecular formula is C50H64ClN5O16S. The smallest absolute Gasteiger partial charge is 0.409 e. The van der Waals surface area contributed by atoms with Gasteiger partial charge in [-0.15, -0.1) is 16.8 Å². The first-order chi connectivity index (χ1) is 34.5. The number of likely N-dealkylation sites (tertiary alicyclic amines) is 1. The summed E-state index contributed by atoms with van der Waals surface area (Å²) in [5.41, 5.74) is -1.20. The lowest BCUT2D eigenvalue weighted by Crippen LogP contribution is -2.63. The maximum atomic E-state index is 14.3. The maximum absolute atomic E-state index is 14.3. The van der Waals surface area contributed by atoms with Gasteiger partial charge in [0.15, 0.2) is 5.72 Å². The lowest BCUT2D eigenvalue weighted by atomic mass is 9.82. The van der Waals surface area contributed by atoms with E-state index in [1.807, 2.05) is 13.0 Å². The molecule has 5 heterocycles. The lowest BCUT2D eigenvalue weighted by Gasteiger charge is -2.42. The van der Waals surface area contributed by atoms with E-state index in [1.54, 1.807) is 38.1 Å². The number of allylic oxidation sites excluding steroid dienone is 3. The summed E-state index contributed by atoms with van der Waals surface area (Å²) in [5.74, 6) is -4.91. The number of epoxide rings is 1. The predicted octanol–water partition coefficient (Wildman–Crippen LogP) is 3.79. The monoisotopic (exact) mass is 1060 g/mol. The molecule has 2 N–H and O–H groups in total. The van der Waals surface area contributed by atoms with Crippen LogP contribution < -0.4 is 15.0 Å². The molecule has 0 aromatic heterocycles. The van der Waals surface area contributed by atoms with Crippen LogP contribution in [0.4, 0.5) is 10.5 Å². The Kier molecular flexibility index (Phi) is 17.3. The summed E-state index contributed by atoms with van der Waals surface area (Å²) in [6.07, 6.45) is 2.11. The average molecular weight is 1060 g/mol. The van der Waals surface area contributed by atoms with E-state index in [-0.39, 0.29) is 67.2 Å². The number of amides is 7. The van der Waals surface area contributed by atoms with Crippen molar-refractivity contribution < 1.29 is 76.8 Å². The quantitative estimate of drug-likeness (QED) is 0.162. The van der Waals surface area contributed by atoms with Crippen molar-refractivity contribution in [2.24, 2.45) is 17.8 Å². The van der Waals surface area contributed by atoms with E-state index in [0.29, 0.717) is 48.6 Å². The first-order valence-electron chi connectivity index (χ1n) is 24.4. The minimum Gasteiger partial charge on any atom is -0.495 e. The SMILES string of the molecule is COc1cc2cc(c1Cl)N(C)C(=O)C[C@H](OC(=O)CN(C)C(=O)CCS[C@@H]1CC(=O)N(C[C@H]3CC[C@H](C(=O)ON4C(=O)CCC4=O)CC3)C1=O)[C@]1(C)O[C@H]1[C@H](C)[C@@H]1C[C@@](O)(NC(=O)O1)[C@H](OC)/C=C/C=C(\C)C2. The van der Waals surface area contributed by atoms with Gasteiger partial charge in [0.1, 0.15) is 41.2 Å². The van der Waals surface area contributed by atoms with E-state index >= 15 is 0 Å². The second-order valence-corrected chi connectivity index (χ2v) is 21.6. The molecule has 1 aromatic carbocycles. The average Bonchev–Trinajstić information content (AvgIpc) is 3.85. The van der Waals surface area contributed by atoms with Crippen molar-refractivity contribution in [1.82, 2.24) is 20.2 Å². The van der Waals surface area contributed by atoms with Crippen molar-refractivity contribution in [3.63, 3.8) is 0 Å². The van der Waals surface area contributed by atoms with Gasteiger partial charge in [-0.25, -0.2) is 9.59 Å².